The molecular weight excluding hydrogens is 440 g/mol. The molecule has 2 fully saturated rings. The van der Waals surface area contributed by atoms with Crippen LogP contribution in [0, 0.1) is 6.92 Å². The van der Waals surface area contributed by atoms with Crippen molar-refractivity contribution in [2.45, 2.75) is 44.7 Å². The lowest BCUT2D eigenvalue weighted by Gasteiger charge is -2.34. The Kier molecular flexibility index (Phi) is 5.88. The zero-order valence-corrected chi connectivity index (χ0v) is 19.8. The molecule has 3 aromatic rings. The number of ether oxygens (including phenoxy) is 1. The van der Waals surface area contributed by atoms with Crippen LogP contribution in [0.15, 0.2) is 30.5 Å². The van der Waals surface area contributed by atoms with Crippen LogP contribution in [0.4, 0.5) is 5.82 Å². The number of piperidine rings is 1. The van der Waals surface area contributed by atoms with Gasteiger partial charge in [0.2, 0.25) is 0 Å². The molecule has 0 aliphatic carbocycles. The number of likely N-dealkylation sites (tertiary alicyclic amines) is 1. The van der Waals surface area contributed by atoms with Gasteiger partial charge in [0.1, 0.15) is 11.6 Å². The Bertz CT molecular complexity index is 1200. The van der Waals surface area contributed by atoms with Crippen LogP contribution in [0.1, 0.15) is 53.3 Å². The van der Waals surface area contributed by atoms with E-state index in [1.54, 1.807) is 25.3 Å². The van der Waals surface area contributed by atoms with Crippen molar-refractivity contribution in [3.63, 3.8) is 0 Å². The lowest BCUT2D eigenvalue weighted by atomic mass is 9.98. The van der Waals surface area contributed by atoms with E-state index in [9.17, 15) is 4.79 Å². The van der Waals surface area contributed by atoms with Crippen LogP contribution in [-0.2, 0) is 0 Å². The van der Waals surface area contributed by atoms with Crippen molar-refractivity contribution in [1.29, 1.82) is 0 Å². The number of anilines is 1. The highest BCUT2D eigenvalue weighted by molar-refractivity contribution is 6.31. The highest BCUT2D eigenvalue weighted by atomic mass is 35.5. The van der Waals surface area contributed by atoms with E-state index in [1.165, 1.54) is 0 Å². The SMILES string of the molecule is COc1cc(Cl)cc(C(=O)N2CCCCC2c2cc3nc(N4CCC(N)C4)c(C)cn3n2)c1. The van der Waals surface area contributed by atoms with Crippen LogP contribution >= 0.6 is 11.6 Å². The first-order valence-electron chi connectivity index (χ1n) is 11.5. The zero-order chi connectivity index (χ0) is 23.1. The molecule has 1 amide bonds. The summed E-state index contributed by atoms with van der Waals surface area (Å²) in [7, 11) is 1.57. The van der Waals surface area contributed by atoms with Crippen LogP contribution < -0.4 is 15.4 Å². The van der Waals surface area contributed by atoms with Gasteiger partial charge in [-0.2, -0.15) is 5.10 Å². The third kappa shape index (κ3) is 4.25. The number of benzene rings is 1. The molecule has 0 radical (unpaired) electrons. The Balaban J connectivity index is 1.47. The van der Waals surface area contributed by atoms with Gasteiger partial charge in [0.15, 0.2) is 5.65 Å². The quantitative estimate of drug-likeness (QED) is 0.629. The minimum Gasteiger partial charge on any atom is -0.497 e. The van der Waals surface area contributed by atoms with Crippen molar-refractivity contribution in [1.82, 2.24) is 19.5 Å². The summed E-state index contributed by atoms with van der Waals surface area (Å²) in [6.07, 6.45) is 5.86. The summed E-state index contributed by atoms with van der Waals surface area (Å²) in [6.45, 7) is 4.46. The second-order valence-corrected chi connectivity index (χ2v) is 9.44. The van der Waals surface area contributed by atoms with E-state index in [0.29, 0.717) is 22.9 Å². The van der Waals surface area contributed by atoms with Gasteiger partial charge in [-0.25, -0.2) is 9.50 Å². The smallest absolute Gasteiger partial charge is 0.254 e. The number of aromatic nitrogens is 3. The van der Waals surface area contributed by atoms with Crippen molar-refractivity contribution in [2.24, 2.45) is 5.73 Å². The monoisotopic (exact) mass is 468 g/mol. The molecule has 2 atom stereocenters. The number of carbonyl (C=O) groups excluding carboxylic acids is 1. The van der Waals surface area contributed by atoms with Crippen molar-refractivity contribution >= 4 is 29.0 Å². The average Bonchev–Trinajstić information content (AvgIpc) is 3.43. The maximum atomic E-state index is 13.5. The van der Waals surface area contributed by atoms with Crippen LogP contribution in [0.25, 0.3) is 5.65 Å². The molecule has 4 heterocycles. The summed E-state index contributed by atoms with van der Waals surface area (Å²) in [5.74, 6) is 1.47. The van der Waals surface area contributed by atoms with Gasteiger partial charge in [-0.15, -0.1) is 0 Å². The van der Waals surface area contributed by atoms with E-state index in [1.807, 2.05) is 21.7 Å². The fourth-order valence-corrected chi connectivity index (χ4v) is 5.16. The number of hydrogen-bond acceptors (Lipinski definition) is 6. The minimum atomic E-state index is -0.109. The van der Waals surface area contributed by atoms with Crippen LogP contribution in [0.5, 0.6) is 5.75 Å². The molecule has 0 saturated carbocycles. The molecule has 0 spiro atoms. The third-order valence-electron chi connectivity index (χ3n) is 6.61. The number of methoxy groups -OCH3 is 1. The normalized spacial score (nSPS) is 21.1. The summed E-state index contributed by atoms with van der Waals surface area (Å²) >= 11 is 6.22. The largest absolute Gasteiger partial charge is 0.497 e. The maximum Gasteiger partial charge on any atom is 0.254 e. The van der Waals surface area contributed by atoms with Gasteiger partial charge in [0.05, 0.1) is 18.8 Å². The number of amides is 1. The Labute approximate surface area is 198 Å². The minimum absolute atomic E-state index is 0.0616. The summed E-state index contributed by atoms with van der Waals surface area (Å²) < 4.78 is 7.13. The molecule has 2 aliphatic rings. The number of carbonyl (C=O) groups is 1. The van der Waals surface area contributed by atoms with Crippen LogP contribution in [0.2, 0.25) is 5.02 Å². The van der Waals surface area contributed by atoms with Crippen molar-refractivity contribution in [2.75, 3.05) is 31.6 Å². The van der Waals surface area contributed by atoms with E-state index in [0.717, 1.165) is 61.5 Å². The first-order valence-corrected chi connectivity index (χ1v) is 11.8. The van der Waals surface area contributed by atoms with Crippen LogP contribution in [0.3, 0.4) is 0 Å². The molecule has 2 saturated heterocycles. The fourth-order valence-electron chi connectivity index (χ4n) is 4.93. The van der Waals surface area contributed by atoms with E-state index < -0.39 is 0 Å². The third-order valence-corrected chi connectivity index (χ3v) is 6.83. The molecule has 2 aromatic heterocycles. The van der Waals surface area contributed by atoms with Gasteiger partial charge >= 0.3 is 0 Å². The first-order chi connectivity index (χ1) is 15.9. The fraction of sp³-hybridized carbons (Fsp3) is 0.458. The summed E-state index contributed by atoms with van der Waals surface area (Å²) in [5.41, 5.74) is 9.34. The molecule has 33 heavy (non-hydrogen) atoms. The molecule has 1 aromatic carbocycles. The molecule has 5 rings (SSSR count). The van der Waals surface area contributed by atoms with Gasteiger partial charge < -0.3 is 20.3 Å². The predicted octanol–water partition coefficient (Wildman–Crippen LogP) is 3.60. The highest BCUT2D eigenvalue weighted by Crippen LogP contribution is 2.33. The number of nitrogens with zero attached hydrogens (tertiary/aromatic N) is 5. The average molecular weight is 469 g/mol. The number of rotatable bonds is 4. The Morgan fingerprint density at radius 3 is 2.79 bits per heavy atom. The predicted molar refractivity (Wildman–Crippen MR) is 128 cm³/mol. The standard InChI is InChI=1S/C24H29ClN6O2/c1-15-13-31-22(27-23(15)29-8-6-18(26)14-29)12-20(28-31)21-5-3-4-7-30(21)24(32)16-9-17(25)11-19(10-16)33-2/h9-13,18,21H,3-8,14,26H2,1-2H3. The van der Waals surface area contributed by atoms with Crippen LogP contribution in [-0.4, -0.2) is 58.2 Å². The maximum absolute atomic E-state index is 13.5. The van der Waals surface area contributed by atoms with Crippen molar-refractivity contribution in [3.05, 3.63) is 52.3 Å². The number of nitrogens with two attached hydrogens (primary N) is 1. The van der Waals surface area contributed by atoms with E-state index >= 15 is 0 Å². The van der Waals surface area contributed by atoms with E-state index in [4.69, 9.17) is 32.2 Å². The van der Waals surface area contributed by atoms with Gasteiger partial charge in [-0.3, -0.25) is 4.79 Å². The van der Waals surface area contributed by atoms with Crippen molar-refractivity contribution in [3.8, 4) is 5.75 Å². The van der Waals surface area contributed by atoms with Gasteiger partial charge in [0.25, 0.3) is 5.91 Å². The highest BCUT2D eigenvalue weighted by Gasteiger charge is 2.31. The Morgan fingerprint density at radius 2 is 2.03 bits per heavy atom. The first kappa shape index (κ1) is 22.0. The molecule has 0 bridgehead atoms. The van der Waals surface area contributed by atoms with Gasteiger partial charge in [-0.1, -0.05) is 11.6 Å². The van der Waals surface area contributed by atoms with Crippen molar-refractivity contribution < 1.29 is 9.53 Å². The topological polar surface area (TPSA) is 89.0 Å². The summed E-state index contributed by atoms with van der Waals surface area (Å²) in [6, 6.07) is 7.22. The molecule has 174 valence electrons. The molecular formula is C24H29ClN6O2. The number of hydrogen-bond donors (Lipinski definition) is 1. The molecule has 2 N–H and O–H groups in total. The molecule has 8 nitrogen and oxygen atoms in total. The Morgan fingerprint density at radius 1 is 1.18 bits per heavy atom. The number of halogens is 1. The van der Waals surface area contributed by atoms with Gasteiger partial charge in [-0.05, 0) is 50.8 Å². The molecule has 2 unspecified atom stereocenters. The second-order valence-electron chi connectivity index (χ2n) is 9.00. The van der Waals surface area contributed by atoms with Gasteiger partial charge in [0, 0.05) is 54.1 Å². The second kappa shape index (κ2) is 8.83. The summed E-state index contributed by atoms with van der Waals surface area (Å²) in [4.78, 5) is 22.5. The summed E-state index contributed by atoms with van der Waals surface area (Å²) in [5, 5.41) is 5.30. The lowest BCUT2D eigenvalue weighted by Crippen LogP contribution is -2.38. The number of fused-ring (bicyclic) bond motifs is 1. The molecule has 9 heteroatoms. The van der Waals surface area contributed by atoms with E-state index in [-0.39, 0.29) is 18.0 Å². The number of aryl methyl sites for hydroxylation is 1. The molecule has 2 aliphatic heterocycles. The zero-order valence-electron chi connectivity index (χ0n) is 19.0. The Hall–Kier alpha value is -2.84. The lowest BCUT2D eigenvalue weighted by molar-refractivity contribution is 0.0605. The van der Waals surface area contributed by atoms with E-state index in [2.05, 4.69) is 11.8 Å².